The minimum Gasteiger partial charge on any atom is -0.493 e. The number of rotatable bonds is 4. The normalized spacial score (nSPS) is 10.8. The number of benzene rings is 1. The lowest BCUT2D eigenvalue weighted by atomic mass is 10.2. The summed E-state index contributed by atoms with van der Waals surface area (Å²) in [6.45, 7) is 0.566. The predicted molar refractivity (Wildman–Crippen MR) is 81.4 cm³/mol. The third-order valence-corrected chi connectivity index (χ3v) is 3.57. The number of fused-ring (bicyclic) bond motifs is 1. The fourth-order valence-electron chi connectivity index (χ4n) is 2.21. The molecule has 0 fully saturated rings. The highest BCUT2D eigenvalue weighted by Crippen LogP contribution is 2.32. The molecule has 0 atom stereocenters. The maximum absolute atomic E-state index is 5.39. The average molecular weight is 302 g/mol. The SMILES string of the molecule is COc1cc2[nH]c(=S)n(Cc3ccncn3)c2cc1OC. The zero-order valence-electron chi connectivity index (χ0n) is 11.7. The Bertz CT molecular complexity index is 826. The molecule has 2 aromatic heterocycles. The minimum absolute atomic E-state index is 0.566. The highest BCUT2D eigenvalue weighted by atomic mass is 32.1. The third-order valence-electron chi connectivity index (χ3n) is 3.24. The second kappa shape index (κ2) is 5.53. The van der Waals surface area contributed by atoms with Crippen molar-refractivity contribution in [2.75, 3.05) is 14.2 Å². The molecule has 0 saturated heterocycles. The molecule has 6 nitrogen and oxygen atoms in total. The van der Waals surface area contributed by atoms with E-state index in [1.165, 1.54) is 6.33 Å². The standard InChI is InChI=1S/C14H14N4O2S/c1-19-12-5-10-11(6-13(12)20-2)18(14(21)17-10)7-9-3-4-15-8-16-9/h3-6,8H,7H2,1-2H3,(H,17,21). The molecule has 1 aromatic carbocycles. The van der Waals surface area contributed by atoms with E-state index in [2.05, 4.69) is 15.0 Å². The molecule has 0 amide bonds. The molecule has 108 valence electrons. The van der Waals surface area contributed by atoms with Crippen molar-refractivity contribution in [1.82, 2.24) is 19.5 Å². The molecule has 0 aliphatic rings. The van der Waals surface area contributed by atoms with Crippen LogP contribution in [0.25, 0.3) is 11.0 Å². The van der Waals surface area contributed by atoms with E-state index in [0.717, 1.165) is 16.7 Å². The van der Waals surface area contributed by atoms with Crippen LogP contribution in [0.5, 0.6) is 11.5 Å². The molecular weight excluding hydrogens is 288 g/mol. The maximum atomic E-state index is 5.39. The van der Waals surface area contributed by atoms with E-state index in [1.54, 1.807) is 20.4 Å². The van der Waals surface area contributed by atoms with Crippen LogP contribution >= 0.6 is 12.2 Å². The van der Waals surface area contributed by atoms with Gasteiger partial charge in [-0.05, 0) is 18.3 Å². The lowest BCUT2D eigenvalue weighted by Gasteiger charge is -2.09. The predicted octanol–water partition coefficient (Wildman–Crippen LogP) is 2.55. The van der Waals surface area contributed by atoms with Crippen LogP contribution in [0, 0.1) is 4.77 Å². The number of nitrogens with zero attached hydrogens (tertiary/aromatic N) is 3. The lowest BCUT2D eigenvalue weighted by molar-refractivity contribution is 0.355. The van der Waals surface area contributed by atoms with Gasteiger partial charge in [-0.25, -0.2) is 9.97 Å². The molecule has 0 radical (unpaired) electrons. The summed E-state index contributed by atoms with van der Waals surface area (Å²) in [6, 6.07) is 5.64. The van der Waals surface area contributed by atoms with Gasteiger partial charge >= 0.3 is 0 Å². The van der Waals surface area contributed by atoms with E-state index in [1.807, 2.05) is 22.8 Å². The van der Waals surface area contributed by atoms with E-state index in [0.29, 0.717) is 22.8 Å². The topological polar surface area (TPSA) is 65.0 Å². The van der Waals surface area contributed by atoms with Crippen molar-refractivity contribution in [3.63, 3.8) is 0 Å². The molecule has 3 aromatic rings. The number of H-pyrrole nitrogens is 1. The summed E-state index contributed by atoms with van der Waals surface area (Å²) >= 11 is 5.39. The molecule has 0 saturated carbocycles. The molecule has 0 aliphatic carbocycles. The number of hydrogen-bond donors (Lipinski definition) is 1. The zero-order chi connectivity index (χ0) is 14.8. The molecule has 3 rings (SSSR count). The summed E-state index contributed by atoms with van der Waals surface area (Å²) in [6.07, 6.45) is 3.24. The second-order valence-electron chi connectivity index (χ2n) is 4.44. The van der Waals surface area contributed by atoms with Crippen LogP contribution in [0.2, 0.25) is 0 Å². The van der Waals surface area contributed by atoms with Crippen LogP contribution in [0.15, 0.2) is 30.7 Å². The number of ether oxygens (including phenoxy) is 2. The van der Waals surface area contributed by atoms with Crippen LogP contribution in [-0.4, -0.2) is 33.7 Å². The Morgan fingerprint density at radius 3 is 2.67 bits per heavy atom. The first-order valence-corrected chi connectivity index (χ1v) is 6.73. The Morgan fingerprint density at radius 2 is 2.00 bits per heavy atom. The molecule has 2 heterocycles. The van der Waals surface area contributed by atoms with Crippen molar-refractivity contribution in [3.05, 3.63) is 41.2 Å². The zero-order valence-corrected chi connectivity index (χ0v) is 12.5. The summed E-state index contributed by atoms with van der Waals surface area (Å²) in [4.78, 5) is 11.3. The fraction of sp³-hybridized carbons (Fsp3) is 0.214. The van der Waals surface area contributed by atoms with Crippen molar-refractivity contribution in [1.29, 1.82) is 0 Å². The smallest absolute Gasteiger partial charge is 0.178 e. The van der Waals surface area contributed by atoms with Crippen LogP contribution in [0.1, 0.15) is 5.69 Å². The van der Waals surface area contributed by atoms with Crippen molar-refractivity contribution in [2.45, 2.75) is 6.54 Å². The van der Waals surface area contributed by atoms with Crippen LogP contribution in [0.3, 0.4) is 0 Å². The van der Waals surface area contributed by atoms with Gasteiger partial charge in [0.2, 0.25) is 0 Å². The number of aromatic amines is 1. The largest absolute Gasteiger partial charge is 0.493 e. The number of nitrogens with one attached hydrogen (secondary N) is 1. The molecule has 21 heavy (non-hydrogen) atoms. The first kappa shape index (κ1) is 13.6. The summed E-state index contributed by atoms with van der Waals surface area (Å²) in [5.41, 5.74) is 2.72. The van der Waals surface area contributed by atoms with E-state index in [4.69, 9.17) is 21.7 Å². The quantitative estimate of drug-likeness (QED) is 0.750. The van der Waals surface area contributed by atoms with E-state index < -0.39 is 0 Å². The number of aromatic nitrogens is 4. The van der Waals surface area contributed by atoms with Crippen molar-refractivity contribution in [3.8, 4) is 11.5 Å². The van der Waals surface area contributed by atoms with Crippen molar-refractivity contribution in [2.24, 2.45) is 0 Å². The Hall–Kier alpha value is -2.41. The van der Waals surface area contributed by atoms with E-state index >= 15 is 0 Å². The highest BCUT2D eigenvalue weighted by molar-refractivity contribution is 7.71. The monoisotopic (exact) mass is 302 g/mol. The molecular formula is C14H14N4O2S. The molecule has 0 aliphatic heterocycles. The maximum Gasteiger partial charge on any atom is 0.178 e. The summed E-state index contributed by atoms with van der Waals surface area (Å²) in [5, 5.41) is 0. The highest BCUT2D eigenvalue weighted by Gasteiger charge is 2.11. The van der Waals surface area contributed by atoms with Gasteiger partial charge in [0.15, 0.2) is 16.3 Å². The van der Waals surface area contributed by atoms with E-state index in [9.17, 15) is 0 Å². The molecule has 1 N–H and O–H groups in total. The Labute approximate surface area is 126 Å². The van der Waals surface area contributed by atoms with Gasteiger partial charge in [-0.3, -0.25) is 0 Å². The minimum atomic E-state index is 0.566. The van der Waals surface area contributed by atoms with Gasteiger partial charge in [-0.1, -0.05) is 0 Å². The molecule has 0 unspecified atom stereocenters. The van der Waals surface area contributed by atoms with Gasteiger partial charge in [0, 0.05) is 18.3 Å². The molecule has 7 heteroatoms. The summed E-state index contributed by atoms with van der Waals surface area (Å²) in [7, 11) is 3.22. The Kier molecular flexibility index (Phi) is 3.57. The van der Waals surface area contributed by atoms with Crippen LogP contribution in [0.4, 0.5) is 0 Å². The van der Waals surface area contributed by atoms with Crippen molar-refractivity contribution < 1.29 is 9.47 Å². The fourth-order valence-corrected chi connectivity index (χ4v) is 2.49. The Morgan fingerprint density at radius 1 is 1.24 bits per heavy atom. The average Bonchev–Trinajstić information content (AvgIpc) is 2.82. The molecule has 0 spiro atoms. The number of hydrogen-bond acceptors (Lipinski definition) is 5. The van der Waals surface area contributed by atoms with Gasteiger partial charge in [0.25, 0.3) is 0 Å². The van der Waals surface area contributed by atoms with E-state index in [-0.39, 0.29) is 0 Å². The third kappa shape index (κ3) is 2.47. The van der Waals surface area contributed by atoms with Crippen molar-refractivity contribution >= 4 is 23.3 Å². The second-order valence-corrected chi connectivity index (χ2v) is 4.83. The summed E-state index contributed by atoms with van der Waals surface area (Å²) < 4.78 is 13.2. The van der Waals surface area contributed by atoms with Gasteiger partial charge in [0.05, 0.1) is 37.5 Å². The van der Waals surface area contributed by atoms with Gasteiger partial charge in [-0.2, -0.15) is 0 Å². The van der Waals surface area contributed by atoms with Gasteiger partial charge in [0.1, 0.15) is 6.33 Å². The van der Waals surface area contributed by atoms with Gasteiger partial charge in [-0.15, -0.1) is 0 Å². The number of methoxy groups -OCH3 is 2. The first-order valence-electron chi connectivity index (χ1n) is 6.32. The summed E-state index contributed by atoms with van der Waals surface area (Å²) in [5.74, 6) is 1.32. The first-order chi connectivity index (χ1) is 10.2. The Balaban J connectivity index is 2.14. The van der Waals surface area contributed by atoms with Crippen LogP contribution in [-0.2, 0) is 6.54 Å². The van der Waals surface area contributed by atoms with Gasteiger partial charge < -0.3 is 19.0 Å². The number of imidazole rings is 1. The molecule has 0 bridgehead atoms. The van der Waals surface area contributed by atoms with Crippen LogP contribution < -0.4 is 9.47 Å². The lowest BCUT2D eigenvalue weighted by Crippen LogP contribution is -2.02.